The third-order valence-electron chi connectivity index (χ3n) is 2.82. The largest absolute Gasteiger partial charge is 0.292 e. The van der Waals surface area contributed by atoms with E-state index in [-0.39, 0.29) is 5.78 Å². The standard InChI is InChI=1S/C14H17N3O/c1-3-8-17-13(10-15-16-17)14(18)9-12-6-4-11(2)5-7-12/h4-7,10H,3,8-9H2,1-2H3. The highest BCUT2D eigenvalue weighted by Gasteiger charge is 2.13. The fourth-order valence-corrected chi connectivity index (χ4v) is 1.83. The van der Waals surface area contributed by atoms with Crippen LogP contribution in [-0.2, 0) is 13.0 Å². The summed E-state index contributed by atoms with van der Waals surface area (Å²) >= 11 is 0. The molecular weight excluding hydrogens is 226 g/mol. The molecule has 0 N–H and O–H groups in total. The summed E-state index contributed by atoms with van der Waals surface area (Å²) in [4.78, 5) is 12.2. The molecule has 0 radical (unpaired) electrons. The molecule has 0 amide bonds. The summed E-state index contributed by atoms with van der Waals surface area (Å²) in [6.45, 7) is 4.82. The van der Waals surface area contributed by atoms with Crippen molar-refractivity contribution in [3.63, 3.8) is 0 Å². The minimum Gasteiger partial charge on any atom is -0.292 e. The van der Waals surface area contributed by atoms with E-state index in [2.05, 4.69) is 17.2 Å². The van der Waals surface area contributed by atoms with Crippen molar-refractivity contribution in [2.24, 2.45) is 0 Å². The van der Waals surface area contributed by atoms with Crippen LogP contribution < -0.4 is 0 Å². The molecule has 0 atom stereocenters. The third kappa shape index (κ3) is 2.83. The van der Waals surface area contributed by atoms with E-state index in [0.717, 1.165) is 18.5 Å². The molecule has 0 fully saturated rings. The van der Waals surface area contributed by atoms with Crippen LogP contribution in [0.1, 0.15) is 35.0 Å². The predicted octanol–water partition coefficient (Wildman–Crippen LogP) is 2.42. The third-order valence-corrected chi connectivity index (χ3v) is 2.82. The zero-order valence-electron chi connectivity index (χ0n) is 10.8. The van der Waals surface area contributed by atoms with Gasteiger partial charge in [-0.1, -0.05) is 42.0 Å². The van der Waals surface area contributed by atoms with Crippen LogP contribution in [0.2, 0.25) is 0 Å². The summed E-state index contributed by atoms with van der Waals surface area (Å²) in [5.74, 6) is 0.0669. The zero-order valence-corrected chi connectivity index (χ0v) is 10.8. The van der Waals surface area contributed by atoms with E-state index in [4.69, 9.17) is 0 Å². The predicted molar refractivity (Wildman–Crippen MR) is 69.5 cm³/mol. The summed E-state index contributed by atoms with van der Waals surface area (Å²) in [5.41, 5.74) is 2.82. The van der Waals surface area contributed by atoms with Crippen LogP contribution in [0.25, 0.3) is 0 Å². The van der Waals surface area contributed by atoms with Gasteiger partial charge in [0.2, 0.25) is 0 Å². The second-order valence-electron chi connectivity index (χ2n) is 4.43. The molecule has 4 nitrogen and oxygen atoms in total. The Morgan fingerprint density at radius 3 is 2.67 bits per heavy atom. The van der Waals surface area contributed by atoms with Crippen LogP contribution in [0.15, 0.2) is 30.5 Å². The van der Waals surface area contributed by atoms with E-state index in [1.807, 2.05) is 31.2 Å². The molecule has 0 spiro atoms. The summed E-state index contributed by atoms with van der Waals surface area (Å²) in [5, 5.41) is 7.74. The highest BCUT2D eigenvalue weighted by molar-refractivity contribution is 5.95. The number of ketones is 1. The van der Waals surface area contributed by atoms with Crippen LogP contribution in [0, 0.1) is 6.92 Å². The van der Waals surface area contributed by atoms with E-state index in [1.165, 1.54) is 5.56 Å². The van der Waals surface area contributed by atoms with Crippen LogP contribution >= 0.6 is 0 Å². The molecule has 0 saturated heterocycles. The molecule has 1 aromatic carbocycles. The number of hydrogen-bond donors (Lipinski definition) is 0. The molecule has 18 heavy (non-hydrogen) atoms. The summed E-state index contributed by atoms with van der Waals surface area (Å²) in [6.07, 6.45) is 2.89. The highest BCUT2D eigenvalue weighted by Crippen LogP contribution is 2.08. The summed E-state index contributed by atoms with van der Waals surface area (Å²) in [6, 6.07) is 8.01. The van der Waals surface area contributed by atoms with Crippen LogP contribution in [0.4, 0.5) is 0 Å². The molecule has 0 bridgehead atoms. The maximum absolute atomic E-state index is 12.2. The number of rotatable bonds is 5. The molecule has 1 heterocycles. The van der Waals surface area contributed by atoms with Gasteiger partial charge in [-0.2, -0.15) is 0 Å². The van der Waals surface area contributed by atoms with E-state index < -0.39 is 0 Å². The van der Waals surface area contributed by atoms with E-state index in [1.54, 1.807) is 10.9 Å². The topological polar surface area (TPSA) is 47.8 Å². The van der Waals surface area contributed by atoms with Gasteiger partial charge < -0.3 is 0 Å². The molecule has 94 valence electrons. The van der Waals surface area contributed by atoms with Gasteiger partial charge in [0.15, 0.2) is 5.78 Å². The van der Waals surface area contributed by atoms with Crippen molar-refractivity contribution in [3.05, 3.63) is 47.3 Å². The van der Waals surface area contributed by atoms with Gasteiger partial charge in [-0.15, -0.1) is 5.10 Å². The van der Waals surface area contributed by atoms with Gasteiger partial charge in [0, 0.05) is 13.0 Å². The van der Waals surface area contributed by atoms with Gasteiger partial charge >= 0.3 is 0 Å². The Morgan fingerprint density at radius 1 is 1.28 bits per heavy atom. The second kappa shape index (κ2) is 5.58. The van der Waals surface area contributed by atoms with Gasteiger partial charge in [0.1, 0.15) is 5.69 Å². The number of carbonyl (C=O) groups excluding carboxylic acids is 1. The van der Waals surface area contributed by atoms with E-state index >= 15 is 0 Å². The smallest absolute Gasteiger partial charge is 0.186 e. The number of benzene rings is 1. The molecule has 0 aliphatic carbocycles. The average molecular weight is 243 g/mol. The molecule has 2 aromatic rings. The number of Topliss-reactive ketones (excluding diaryl/α,β-unsaturated/α-hetero) is 1. The molecule has 0 aliphatic heterocycles. The Kier molecular flexibility index (Phi) is 3.87. The Bertz CT molecular complexity index is 528. The molecule has 4 heteroatoms. The van der Waals surface area contributed by atoms with Gasteiger partial charge in [-0.3, -0.25) is 4.79 Å². The first-order valence-corrected chi connectivity index (χ1v) is 6.18. The van der Waals surface area contributed by atoms with Crippen molar-refractivity contribution in [2.45, 2.75) is 33.2 Å². The first-order valence-electron chi connectivity index (χ1n) is 6.18. The van der Waals surface area contributed by atoms with Crippen molar-refractivity contribution in [1.29, 1.82) is 0 Å². The minimum absolute atomic E-state index is 0.0669. The SMILES string of the molecule is CCCn1nncc1C(=O)Cc1ccc(C)cc1. The summed E-state index contributed by atoms with van der Waals surface area (Å²) in [7, 11) is 0. The highest BCUT2D eigenvalue weighted by atomic mass is 16.1. The van der Waals surface area contributed by atoms with E-state index in [9.17, 15) is 4.79 Å². The molecular formula is C14H17N3O. The minimum atomic E-state index is 0.0669. The lowest BCUT2D eigenvalue weighted by Gasteiger charge is -2.04. The average Bonchev–Trinajstić information content (AvgIpc) is 2.81. The maximum Gasteiger partial charge on any atom is 0.186 e. The normalized spacial score (nSPS) is 10.6. The second-order valence-corrected chi connectivity index (χ2v) is 4.43. The first kappa shape index (κ1) is 12.5. The van der Waals surface area contributed by atoms with Crippen molar-refractivity contribution in [1.82, 2.24) is 15.0 Å². The van der Waals surface area contributed by atoms with Crippen LogP contribution in [-0.4, -0.2) is 20.8 Å². The fraction of sp³-hybridized carbons (Fsp3) is 0.357. The number of nitrogens with zero attached hydrogens (tertiary/aromatic N) is 3. The fourth-order valence-electron chi connectivity index (χ4n) is 1.83. The molecule has 2 rings (SSSR count). The van der Waals surface area contributed by atoms with Gasteiger partial charge in [0.25, 0.3) is 0 Å². The number of carbonyl (C=O) groups is 1. The summed E-state index contributed by atoms with van der Waals surface area (Å²) < 4.78 is 1.68. The quantitative estimate of drug-likeness (QED) is 0.758. The molecule has 1 aromatic heterocycles. The Hall–Kier alpha value is -1.97. The van der Waals surface area contributed by atoms with Crippen LogP contribution in [0.5, 0.6) is 0 Å². The number of hydrogen-bond acceptors (Lipinski definition) is 3. The molecule has 0 saturated carbocycles. The first-order chi connectivity index (χ1) is 8.70. The lowest BCUT2D eigenvalue weighted by Crippen LogP contribution is -2.12. The zero-order chi connectivity index (χ0) is 13.0. The monoisotopic (exact) mass is 243 g/mol. The van der Waals surface area contributed by atoms with Gasteiger partial charge in [0.05, 0.1) is 6.20 Å². The Labute approximate surface area is 107 Å². The molecule has 0 aliphatic rings. The number of aromatic nitrogens is 3. The van der Waals surface area contributed by atoms with E-state index in [0.29, 0.717) is 12.1 Å². The lowest BCUT2D eigenvalue weighted by molar-refractivity contribution is 0.0982. The number of aryl methyl sites for hydroxylation is 2. The van der Waals surface area contributed by atoms with Crippen molar-refractivity contribution < 1.29 is 4.79 Å². The van der Waals surface area contributed by atoms with Crippen LogP contribution in [0.3, 0.4) is 0 Å². The van der Waals surface area contributed by atoms with Crippen molar-refractivity contribution in [2.75, 3.05) is 0 Å². The van der Waals surface area contributed by atoms with Gasteiger partial charge in [-0.05, 0) is 18.9 Å². The Morgan fingerprint density at radius 2 is 2.00 bits per heavy atom. The van der Waals surface area contributed by atoms with Gasteiger partial charge in [-0.25, -0.2) is 4.68 Å². The maximum atomic E-state index is 12.2. The van der Waals surface area contributed by atoms with Crippen molar-refractivity contribution in [3.8, 4) is 0 Å². The Balaban J connectivity index is 2.11. The van der Waals surface area contributed by atoms with Crippen molar-refractivity contribution >= 4 is 5.78 Å². The lowest BCUT2D eigenvalue weighted by atomic mass is 10.1. The molecule has 0 unspecified atom stereocenters.